The lowest BCUT2D eigenvalue weighted by atomic mass is 9.91. The maximum absolute atomic E-state index is 12.1. The number of carboxylic acid groups (broad SMARTS) is 1. The van der Waals surface area contributed by atoms with Crippen LogP contribution in [0.3, 0.4) is 0 Å². The van der Waals surface area contributed by atoms with Crippen molar-refractivity contribution in [2.45, 2.75) is 39.5 Å². The largest absolute Gasteiger partial charge is 0.481 e. The second-order valence-corrected chi connectivity index (χ2v) is 6.48. The summed E-state index contributed by atoms with van der Waals surface area (Å²) in [6, 6.07) is 3.22. The molecule has 116 valence electrons. The molecule has 1 aromatic rings. The number of hydrogen-bond donors (Lipinski definition) is 2. The number of aromatic nitrogens is 1. The van der Waals surface area contributed by atoms with Gasteiger partial charge in [0, 0.05) is 23.2 Å². The number of carboxylic acids is 1. The van der Waals surface area contributed by atoms with Crippen molar-refractivity contribution in [1.82, 2.24) is 10.3 Å². The summed E-state index contributed by atoms with van der Waals surface area (Å²) in [7, 11) is 0. The van der Waals surface area contributed by atoms with Crippen molar-refractivity contribution in [1.29, 1.82) is 0 Å². The van der Waals surface area contributed by atoms with Gasteiger partial charge in [0.15, 0.2) is 0 Å². The first kappa shape index (κ1) is 17.4. The molecular formula is C15H21ClN2O3. The number of nitrogens with zero attached hydrogens (tertiary/aromatic N) is 1. The zero-order valence-electron chi connectivity index (χ0n) is 12.7. The van der Waals surface area contributed by atoms with E-state index in [1.165, 1.54) is 6.07 Å². The van der Waals surface area contributed by atoms with Crippen LogP contribution in [0, 0.1) is 5.92 Å². The van der Waals surface area contributed by atoms with Gasteiger partial charge in [-0.25, -0.2) is 4.98 Å². The summed E-state index contributed by atoms with van der Waals surface area (Å²) < 4.78 is 0. The van der Waals surface area contributed by atoms with Crippen LogP contribution in [0.5, 0.6) is 0 Å². The van der Waals surface area contributed by atoms with E-state index < -0.39 is 11.9 Å². The van der Waals surface area contributed by atoms with Crippen LogP contribution in [0.15, 0.2) is 12.1 Å². The molecule has 5 nitrogen and oxygen atoms in total. The highest BCUT2D eigenvalue weighted by molar-refractivity contribution is 6.29. The lowest BCUT2D eigenvalue weighted by Gasteiger charge is -2.18. The molecule has 2 N–H and O–H groups in total. The maximum atomic E-state index is 12.1. The molecule has 0 fully saturated rings. The Morgan fingerprint density at radius 2 is 2.00 bits per heavy atom. The molecule has 1 unspecified atom stereocenters. The molecule has 1 heterocycles. The Morgan fingerprint density at radius 1 is 1.38 bits per heavy atom. The molecule has 0 bridgehead atoms. The minimum absolute atomic E-state index is 0.211. The molecule has 21 heavy (non-hydrogen) atoms. The van der Waals surface area contributed by atoms with Gasteiger partial charge in [-0.3, -0.25) is 9.59 Å². The molecule has 0 aliphatic carbocycles. The number of hydrogen-bond acceptors (Lipinski definition) is 3. The van der Waals surface area contributed by atoms with E-state index >= 15 is 0 Å². The summed E-state index contributed by atoms with van der Waals surface area (Å²) in [5.41, 5.74) is 0.958. The van der Waals surface area contributed by atoms with Crippen LogP contribution in [-0.2, 0) is 10.2 Å². The van der Waals surface area contributed by atoms with Gasteiger partial charge in [-0.05, 0) is 18.6 Å². The third-order valence-corrected chi connectivity index (χ3v) is 3.30. The van der Waals surface area contributed by atoms with Gasteiger partial charge in [-0.2, -0.15) is 0 Å². The standard InChI is InChI=1S/C15H21ClN2O3/c1-9(14(20)21)5-6-17-13(19)10-7-11(15(2,3)4)18-12(16)8-10/h7-9H,5-6H2,1-4H3,(H,17,19)(H,20,21). The topological polar surface area (TPSA) is 79.3 Å². The zero-order valence-corrected chi connectivity index (χ0v) is 13.5. The van der Waals surface area contributed by atoms with Crippen LogP contribution in [0.2, 0.25) is 5.15 Å². The van der Waals surface area contributed by atoms with Crippen LogP contribution < -0.4 is 5.32 Å². The summed E-state index contributed by atoms with van der Waals surface area (Å²) in [5.74, 6) is -1.63. The Morgan fingerprint density at radius 3 is 2.52 bits per heavy atom. The molecule has 1 amide bonds. The number of halogens is 1. The second-order valence-electron chi connectivity index (χ2n) is 6.10. The van der Waals surface area contributed by atoms with E-state index in [1.54, 1.807) is 13.0 Å². The van der Waals surface area contributed by atoms with Gasteiger partial charge in [0.05, 0.1) is 5.92 Å². The fraction of sp³-hybridized carbons (Fsp3) is 0.533. The summed E-state index contributed by atoms with van der Waals surface area (Å²) in [6.07, 6.45) is 0.381. The first-order chi connectivity index (χ1) is 9.61. The van der Waals surface area contributed by atoms with Crippen molar-refractivity contribution >= 4 is 23.5 Å². The predicted octanol–water partition coefficient (Wildman–Crippen LogP) is 2.87. The van der Waals surface area contributed by atoms with Gasteiger partial charge in [0.25, 0.3) is 5.91 Å². The molecule has 0 radical (unpaired) electrons. The third-order valence-electron chi connectivity index (χ3n) is 3.11. The van der Waals surface area contributed by atoms with Gasteiger partial charge < -0.3 is 10.4 Å². The number of carbonyl (C=O) groups excluding carboxylic acids is 1. The first-order valence-electron chi connectivity index (χ1n) is 6.80. The van der Waals surface area contributed by atoms with Gasteiger partial charge in [-0.15, -0.1) is 0 Å². The number of rotatable bonds is 5. The fourth-order valence-corrected chi connectivity index (χ4v) is 1.85. The van der Waals surface area contributed by atoms with Crippen molar-refractivity contribution in [3.63, 3.8) is 0 Å². The normalized spacial score (nSPS) is 12.8. The minimum atomic E-state index is -0.869. The van der Waals surface area contributed by atoms with Crippen LogP contribution in [0.4, 0.5) is 0 Å². The van der Waals surface area contributed by atoms with E-state index in [9.17, 15) is 9.59 Å². The van der Waals surface area contributed by atoms with E-state index in [-0.39, 0.29) is 16.5 Å². The van der Waals surface area contributed by atoms with Crippen molar-refractivity contribution in [3.8, 4) is 0 Å². The van der Waals surface area contributed by atoms with Crippen LogP contribution in [-0.4, -0.2) is 28.5 Å². The quantitative estimate of drug-likeness (QED) is 0.819. The predicted molar refractivity (Wildman–Crippen MR) is 81.7 cm³/mol. The summed E-state index contributed by atoms with van der Waals surface area (Å²) >= 11 is 5.96. The average Bonchev–Trinajstić information content (AvgIpc) is 2.36. The highest BCUT2D eigenvalue weighted by Crippen LogP contribution is 2.23. The van der Waals surface area contributed by atoms with E-state index in [1.807, 2.05) is 20.8 Å². The van der Waals surface area contributed by atoms with E-state index in [4.69, 9.17) is 16.7 Å². The van der Waals surface area contributed by atoms with E-state index in [0.717, 1.165) is 5.69 Å². The Labute approximate surface area is 129 Å². The number of pyridine rings is 1. The number of amides is 1. The molecule has 0 aromatic carbocycles. The van der Waals surface area contributed by atoms with Crippen molar-refractivity contribution in [3.05, 3.63) is 28.5 Å². The number of aliphatic carboxylic acids is 1. The fourth-order valence-electron chi connectivity index (χ4n) is 1.64. The summed E-state index contributed by atoms with van der Waals surface area (Å²) in [4.78, 5) is 27.0. The molecule has 0 aliphatic heterocycles. The van der Waals surface area contributed by atoms with Gasteiger partial charge in [0.2, 0.25) is 0 Å². The molecule has 1 atom stereocenters. The van der Waals surface area contributed by atoms with Crippen LogP contribution in [0.1, 0.15) is 50.2 Å². The molecule has 6 heteroatoms. The Hall–Kier alpha value is -1.62. The van der Waals surface area contributed by atoms with Crippen molar-refractivity contribution in [2.24, 2.45) is 5.92 Å². The van der Waals surface area contributed by atoms with Gasteiger partial charge >= 0.3 is 5.97 Å². The van der Waals surface area contributed by atoms with Crippen LogP contribution in [0.25, 0.3) is 0 Å². The zero-order chi connectivity index (χ0) is 16.2. The smallest absolute Gasteiger partial charge is 0.306 e. The molecule has 1 rings (SSSR count). The van der Waals surface area contributed by atoms with Crippen molar-refractivity contribution < 1.29 is 14.7 Å². The molecule has 0 saturated carbocycles. The highest BCUT2D eigenvalue weighted by atomic mass is 35.5. The van der Waals surface area contributed by atoms with Crippen molar-refractivity contribution in [2.75, 3.05) is 6.54 Å². The first-order valence-corrected chi connectivity index (χ1v) is 7.18. The second kappa shape index (κ2) is 6.89. The molecule has 1 aromatic heterocycles. The van der Waals surface area contributed by atoms with Crippen LogP contribution >= 0.6 is 11.6 Å². The average molecular weight is 313 g/mol. The SMILES string of the molecule is CC(CCNC(=O)c1cc(Cl)nc(C(C)(C)C)c1)C(=O)O. The Balaban J connectivity index is 2.75. The monoisotopic (exact) mass is 312 g/mol. The minimum Gasteiger partial charge on any atom is -0.481 e. The van der Waals surface area contributed by atoms with Gasteiger partial charge in [0.1, 0.15) is 5.15 Å². The van der Waals surface area contributed by atoms with E-state index in [0.29, 0.717) is 18.5 Å². The molecule has 0 aliphatic rings. The molecular weight excluding hydrogens is 292 g/mol. The lowest BCUT2D eigenvalue weighted by molar-refractivity contribution is -0.141. The maximum Gasteiger partial charge on any atom is 0.306 e. The van der Waals surface area contributed by atoms with Gasteiger partial charge in [-0.1, -0.05) is 39.3 Å². The number of carbonyl (C=O) groups is 2. The third kappa shape index (κ3) is 5.34. The van der Waals surface area contributed by atoms with E-state index in [2.05, 4.69) is 10.3 Å². The molecule has 0 saturated heterocycles. The molecule has 0 spiro atoms. The highest BCUT2D eigenvalue weighted by Gasteiger charge is 2.19. The lowest BCUT2D eigenvalue weighted by Crippen LogP contribution is -2.27. The number of nitrogens with one attached hydrogen (secondary N) is 1. The summed E-state index contributed by atoms with van der Waals surface area (Å²) in [6.45, 7) is 7.87. The summed E-state index contributed by atoms with van der Waals surface area (Å²) in [5, 5.41) is 11.8. The Kier molecular flexibility index (Phi) is 5.72. The Bertz CT molecular complexity index is 538.